The molecule has 24 heavy (non-hydrogen) atoms. The first-order chi connectivity index (χ1) is 11.1. The Kier molecular flexibility index (Phi) is 4.97. The van der Waals surface area contributed by atoms with Gasteiger partial charge in [-0.25, -0.2) is 13.6 Å². The van der Waals surface area contributed by atoms with E-state index in [0.29, 0.717) is 18.3 Å². The monoisotopic (exact) mass is 458 g/mol. The van der Waals surface area contributed by atoms with E-state index in [9.17, 15) is 26.7 Å². The number of nitrogens with two attached hydrogens (primary N) is 1. The highest BCUT2D eigenvalue weighted by atomic mass is 127. The van der Waals surface area contributed by atoms with Crippen LogP contribution in [0.15, 0.2) is 18.3 Å². The Morgan fingerprint density at radius 1 is 1.29 bits per heavy atom. The minimum Gasteiger partial charge on any atom is -0.465 e. The van der Waals surface area contributed by atoms with Gasteiger partial charge in [0, 0.05) is 15.2 Å². The third kappa shape index (κ3) is 3.28. The molecule has 0 radical (unpaired) electrons. The number of anilines is 1. The minimum atomic E-state index is -4.94. The smallest absolute Gasteiger partial charge is 0.417 e. The Labute approximate surface area is 146 Å². The summed E-state index contributed by atoms with van der Waals surface area (Å²) in [5.74, 6) is -3.40. The van der Waals surface area contributed by atoms with Crippen LogP contribution in [0.3, 0.4) is 0 Å². The van der Waals surface area contributed by atoms with Crippen LogP contribution in [0.4, 0.5) is 27.6 Å². The predicted octanol–water partition coefficient (Wildman–Crippen LogP) is 4.02. The summed E-state index contributed by atoms with van der Waals surface area (Å²) in [4.78, 5) is 15.0. The van der Waals surface area contributed by atoms with Gasteiger partial charge in [0.2, 0.25) is 0 Å². The molecule has 10 heteroatoms. The van der Waals surface area contributed by atoms with Crippen LogP contribution in [0, 0.1) is 15.2 Å². The largest absolute Gasteiger partial charge is 0.465 e. The number of rotatable bonds is 2. The SMILES string of the molecule is COC(=O)c1cc(C(F)(F)F)c(-c2ncc(F)cc2F)c(I)c1N. The van der Waals surface area contributed by atoms with Crippen molar-refractivity contribution in [1.29, 1.82) is 0 Å². The minimum absolute atomic E-state index is 0.249. The zero-order chi connectivity index (χ0) is 18.2. The highest BCUT2D eigenvalue weighted by Gasteiger charge is 2.38. The Morgan fingerprint density at radius 2 is 1.92 bits per heavy atom. The van der Waals surface area contributed by atoms with Crippen LogP contribution in [-0.2, 0) is 10.9 Å². The number of aromatic nitrogens is 1. The van der Waals surface area contributed by atoms with Crippen molar-refractivity contribution in [3.8, 4) is 11.3 Å². The number of hydrogen-bond acceptors (Lipinski definition) is 4. The molecule has 4 nitrogen and oxygen atoms in total. The molecule has 0 aliphatic rings. The number of esters is 1. The summed E-state index contributed by atoms with van der Waals surface area (Å²) in [5, 5.41) is 0. The molecular weight excluding hydrogens is 450 g/mol. The van der Waals surface area contributed by atoms with E-state index in [0.717, 1.165) is 7.11 Å². The molecule has 0 aliphatic carbocycles. The second-order valence-electron chi connectivity index (χ2n) is 4.55. The number of carbonyl (C=O) groups excluding carboxylic acids is 1. The molecule has 0 bridgehead atoms. The van der Waals surface area contributed by atoms with Gasteiger partial charge >= 0.3 is 12.1 Å². The first-order valence-electron chi connectivity index (χ1n) is 6.16. The molecule has 2 aromatic rings. The second kappa shape index (κ2) is 6.49. The molecule has 0 unspecified atom stereocenters. The molecular formula is C14H8F5IN2O2. The van der Waals surface area contributed by atoms with E-state index in [2.05, 4.69) is 9.72 Å². The fraction of sp³-hybridized carbons (Fsp3) is 0.143. The number of ether oxygens (including phenoxy) is 1. The quantitative estimate of drug-likeness (QED) is 0.320. The van der Waals surface area contributed by atoms with Crippen molar-refractivity contribution in [2.75, 3.05) is 12.8 Å². The average molecular weight is 458 g/mol. The van der Waals surface area contributed by atoms with Crippen molar-refractivity contribution < 1.29 is 31.5 Å². The summed E-state index contributed by atoms with van der Waals surface area (Å²) in [6, 6.07) is 0.867. The molecule has 1 aromatic carbocycles. The number of nitrogen functional groups attached to an aromatic ring is 1. The predicted molar refractivity (Wildman–Crippen MR) is 83.1 cm³/mol. The van der Waals surface area contributed by atoms with Gasteiger partial charge in [-0.05, 0) is 28.7 Å². The molecule has 0 saturated heterocycles. The first-order valence-corrected chi connectivity index (χ1v) is 7.24. The molecule has 0 fully saturated rings. The fourth-order valence-corrected chi connectivity index (χ4v) is 2.83. The van der Waals surface area contributed by atoms with Gasteiger partial charge in [0.05, 0.1) is 30.1 Å². The topological polar surface area (TPSA) is 65.2 Å². The van der Waals surface area contributed by atoms with E-state index in [-0.39, 0.29) is 9.26 Å². The van der Waals surface area contributed by atoms with E-state index >= 15 is 0 Å². The number of hydrogen-bond donors (Lipinski definition) is 1. The summed E-state index contributed by atoms with van der Waals surface area (Å²) in [5.41, 5.74) is 2.12. The molecule has 1 aromatic heterocycles. The zero-order valence-electron chi connectivity index (χ0n) is 11.8. The van der Waals surface area contributed by atoms with Crippen LogP contribution in [0.1, 0.15) is 15.9 Å². The van der Waals surface area contributed by atoms with Crippen molar-refractivity contribution in [2.45, 2.75) is 6.18 Å². The van der Waals surface area contributed by atoms with Crippen LogP contribution in [-0.4, -0.2) is 18.1 Å². The van der Waals surface area contributed by atoms with E-state index in [1.807, 2.05) is 0 Å². The van der Waals surface area contributed by atoms with Crippen molar-refractivity contribution >= 4 is 34.2 Å². The van der Waals surface area contributed by atoms with Gasteiger partial charge in [-0.15, -0.1) is 0 Å². The summed E-state index contributed by atoms with van der Waals surface area (Å²) in [6.07, 6.45) is -4.35. The van der Waals surface area contributed by atoms with Gasteiger partial charge < -0.3 is 10.5 Å². The highest BCUT2D eigenvalue weighted by molar-refractivity contribution is 14.1. The van der Waals surface area contributed by atoms with Crippen molar-refractivity contribution in [2.24, 2.45) is 0 Å². The van der Waals surface area contributed by atoms with E-state index in [4.69, 9.17) is 5.73 Å². The third-order valence-corrected chi connectivity index (χ3v) is 4.18. The Morgan fingerprint density at radius 3 is 2.42 bits per heavy atom. The molecule has 0 saturated carbocycles. The molecule has 0 spiro atoms. The number of halogens is 6. The third-order valence-electron chi connectivity index (χ3n) is 3.06. The van der Waals surface area contributed by atoms with Gasteiger partial charge in [-0.1, -0.05) is 0 Å². The van der Waals surface area contributed by atoms with Gasteiger partial charge in [0.15, 0.2) is 5.82 Å². The molecule has 2 N–H and O–H groups in total. The van der Waals surface area contributed by atoms with Gasteiger partial charge in [0.25, 0.3) is 0 Å². The Bertz CT molecular complexity index is 824. The summed E-state index contributed by atoms with van der Waals surface area (Å²) in [7, 11) is 0.983. The molecule has 0 amide bonds. The maximum Gasteiger partial charge on any atom is 0.417 e. The lowest BCUT2D eigenvalue weighted by Crippen LogP contribution is -2.15. The normalized spacial score (nSPS) is 11.5. The van der Waals surface area contributed by atoms with Crippen LogP contribution >= 0.6 is 22.6 Å². The standard InChI is InChI=1S/C14H8F5IN2O2/c1-24-13(23)6-3-7(14(17,18)19)9(10(20)11(6)21)12-8(16)2-5(15)4-22-12/h2-4H,21H2,1H3. The average Bonchev–Trinajstić information content (AvgIpc) is 2.48. The number of pyridine rings is 1. The summed E-state index contributed by atoms with van der Waals surface area (Å²) < 4.78 is 71.2. The molecule has 0 atom stereocenters. The molecule has 0 aliphatic heterocycles. The lowest BCUT2D eigenvalue weighted by molar-refractivity contribution is -0.137. The number of carbonyl (C=O) groups is 1. The molecule has 1 heterocycles. The van der Waals surface area contributed by atoms with Crippen LogP contribution in [0.2, 0.25) is 0 Å². The second-order valence-corrected chi connectivity index (χ2v) is 5.63. The van der Waals surface area contributed by atoms with E-state index in [1.165, 1.54) is 22.6 Å². The van der Waals surface area contributed by atoms with Crippen molar-refractivity contribution in [1.82, 2.24) is 4.98 Å². The number of nitrogens with zero attached hydrogens (tertiary/aromatic N) is 1. The number of alkyl halides is 3. The van der Waals surface area contributed by atoms with Gasteiger partial charge in [-0.2, -0.15) is 13.2 Å². The Hall–Kier alpha value is -1.98. The molecule has 128 valence electrons. The highest BCUT2D eigenvalue weighted by Crippen LogP contribution is 2.43. The van der Waals surface area contributed by atoms with E-state index in [1.54, 1.807) is 0 Å². The van der Waals surface area contributed by atoms with Crippen LogP contribution in [0.25, 0.3) is 11.3 Å². The maximum atomic E-state index is 13.9. The van der Waals surface area contributed by atoms with Crippen molar-refractivity contribution in [3.63, 3.8) is 0 Å². The van der Waals surface area contributed by atoms with Gasteiger partial charge in [-0.3, -0.25) is 4.98 Å². The first kappa shape index (κ1) is 18.4. The van der Waals surface area contributed by atoms with Crippen LogP contribution < -0.4 is 5.73 Å². The summed E-state index contributed by atoms with van der Waals surface area (Å²) >= 11 is 1.44. The van der Waals surface area contributed by atoms with E-state index < -0.39 is 46.2 Å². The van der Waals surface area contributed by atoms with Crippen LogP contribution in [0.5, 0.6) is 0 Å². The zero-order valence-corrected chi connectivity index (χ0v) is 14.0. The fourth-order valence-electron chi connectivity index (χ4n) is 2.00. The number of benzene rings is 1. The van der Waals surface area contributed by atoms with Crippen molar-refractivity contribution in [3.05, 3.63) is 44.7 Å². The number of methoxy groups -OCH3 is 1. The molecule has 2 rings (SSSR count). The lowest BCUT2D eigenvalue weighted by Gasteiger charge is -2.18. The Balaban J connectivity index is 2.89. The maximum absolute atomic E-state index is 13.9. The van der Waals surface area contributed by atoms with Gasteiger partial charge in [0.1, 0.15) is 11.5 Å². The lowest BCUT2D eigenvalue weighted by atomic mass is 9.98. The summed E-state index contributed by atoms with van der Waals surface area (Å²) in [6.45, 7) is 0.